The molecule has 1 heterocycles. The Kier molecular flexibility index (Phi) is 3.36. The molecule has 5 nitrogen and oxygen atoms in total. The summed E-state index contributed by atoms with van der Waals surface area (Å²) < 4.78 is 1.70. The van der Waals surface area contributed by atoms with Gasteiger partial charge in [0.1, 0.15) is 0 Å². The van der Waals surface area contributed by atoms with Gasteiger partial charge >= 0.3 is 0 Å². The first kappa shape index (κ1) is 11.1. The van der Waals surface area contributed by atoms with Crippen molar-refractivity contribution in [2.24, 2.45) is 7.05 Å². The van der Waals surface area contributed by atoms with E-state index in [1.165, 1.54) is 0 Å². The normalized spacial score (nSPS) is 9.88. The quantitative estimate of drug-likeness (QED) is 0.800. The predicted octanol–water partition coefficient (Wildman–Crippen LogP) is 1.87. The van der Waals surface area contributed by atoms with Crippen LogP contribution < -0.4 is 4.90 Å². The highest BCUT2D eigenvalue weighted by atomic mass is 15.5. The smallest absolute Gasteiger partial charge is 0.151 e. The lowest BCUT2D eigenvalue weighted by Gasteiger charge is -2.22. The van der Waals surface area contributed by atoms with E-state index < -0.39 is 0 Å². The highest BCUT2D eigenvalue weighted by molar-refractivity contribution is 5.59. The molecule has 0 fully saturated rings. The zero-order valence-corrected chi connectivity index (χ0v) is 9.61. The fraction of sp³-hybridized carbons (Fsp3) is 0.250. The molecule has 1 aromatic heterocycles. The van der Waals surface area contributed by atoms with E-state index in [4.69, 9.17) is 5.26 Å². The van der Waals surface area contributed by atoms with Crippen molar-refractivity contribution in [3.8, 4) is 6.07 Å². The average molecular weight is 227 g/mol. The molecule has 0 aliphatic carbocycles. The van der Waals surface area contributed by atoms with E-state index in [2.05, 4.69) is 16.4 Å². The summed E-state index contributed by atoms with van der Waals surface area (Å²) in [5.74, 6) is 0.881. The number of nitriles is 1. The Hall–Kier alpha value is -2.35. The molecule has 86 valence electrons. The van der Waals surface area contributed by atoms with Crippen LogP contribution in [0.25, 0.3) is 0 Å². The standard InChI is InChI=1S/C12H13N5/c1-16-12(10-14-15-16)17(9-5-8-13)11-6-3-2-4-7-11/h2-4,6-7,10H,5,9H2,1H3. The van der Waals surface area contributed by atoms with Crippen LogP contribution in [0.5, 0.6) is 0 Å². The number of hydrogen-bond donors (Lipinski definition) is 0. The predicted molar refractivity (Wildman–Crippen MR) is 64.7 cm³/mol. The second-order valence-corrected chi connectivity index (χ2v) is 3.61. The van der Waals surface area contributed by atoms with Crippen LogP contribution in [-0.2, 0) is 7.05 Å². The van der Waals surface area contributed by atoms with Gasteiger partial charge in [0, 0.05) is 19.3 Å². The highest BCUT2D eigenvalue weighted by Crippen LogP contribution is 2.23. The Morgan fingerprint density at radius 3 is 2.71 bits per heavy atom. The summed E-state index contributed by atoms with van der Waals surface area (Å²) in [5.41, 5.74) is 1.04. The van der Waals surface area contributed by atoms with Gasteiger partial charge in [-0.15, -0.1) is 5.10 Å². The molecular weight excluding hydrogens is 214 g/mol. The van der Waals surface area contributed by atoms with Gasteiger partial charge < -0.3 is 4.90 Å². The summed E-state index contributed by atoms with van der Waals surface area (Å²) in [6, 6.07) is 12.1. The van der Waals surface area contributed by atoms with Gasteiger partial charge in [0.2, 0.25) is 0 Å². The van der Waals surface area contributed by atoms with E-state index in [0.717, 1.165) is 11.5 Å². The average Bonchev–Trinajstić information content (AvgIpc) is 2.78. The summed E-state index contributed by atoms with van der Waals surface area (Å²) in [5, 5.41) is 16.5. The van der Waals surface area contributed by atoms with Crippen LogP contribution in [0.15, 0.2) is 36.5 Å². The lowest BCUT2D eigenvalue weighted by molar-refractivity contribution is 0.704. The molecule has 0 aliphatic heterocycles. The van der Waals surface area contributed by atoms with Gasteiger partial charge in [-0.1, -0.05) is 23.4 Å². The van der Waals surface area contributed by atoms with Crippen molar-refractivity contribution < 1.29 is 0 Å². The van der Waals surface area contributed by atoms with Crippen molar-refractivity contribution in [3.05, 3.63) is 36.5 Å². The van der Waals surface area contributed by atoms with Gasteiger partial charge in [-0.2, -0.15) is 5.26 Å². The molecule has 5 heteroatoms. The minimum Gasteiger partial charge on any atom is -0.324 e. The first-order chi connectivity index (χ1) is 8.33. The fourth-order valence-corrected chi connectivity index (χ4v) is 1.67. The van der Waals surface area contributed by atoms with Crippen LogP contribution in [0.3, 0.4) is 0 Å². The molecule has 0 radical (unpaired) electrons. The maximum absolute atomic E-state index is 8.71. The van der Waals surface area contributed by atoms with Gasteiger partial charge in [-0.25, -0.2) is 4.68 Å². The third-order valence-electron chi connectivity index (χ3n) is 2.48. The van der Waals surface area contributed by atoms with Crippen LogP contribution in [0, 0.1) is 11.3 Å². The molecule has 0 saturated heterocycles. The third kappa shape index (κ3) is 2.42. The largest absolute Gasteiger partial charge is 0.324 e. The second kappa shape index (κ2) is 5.12. The molecule has 0 N–H and O–H groups in total. The molecule has 0 aliphatic rings. The van der Waals surface area contributed by atoms with Gasteiger partial charge in [0.05, 0.1) is 18.7 Å². The SMILES string of the molecule is Cn1nncc1N(CCC#N)c1ccccc1. The van der Waals surface area contributed by atoms with E-state index in [9.17, 15) is 0 Å². The number of benzene rings is 1. The van der Waals surface area contributed by atoms with E-state index in [1.54, 1.807) is 10.9 Å². The number of aryl methyl sites for hydroxylation is 1. The number of anilines is 2. The van der Waals surface area contributed by atoms with Gasteiger partial charge in [0.15, 0.2) is 5.82 Å². The van der Waals surface area contributed by atoms with Gasteiger partial charge in [-0.3, -0.25) is 0 Å². The Balaban J connectivity index is 2.33. The van der Waals surface area contributed by atoms with Crippen LogP contribution in [-0.4, -0.2) is 21.5 Å². The van der Waals surface area contributed by atoms with Crippen molar-refractivity contribution >= 4 is 11.5 Å². The lowest BCUT2D eigenvalue weighted by Crippen LogP contribution is -2.20. The number of hydrogen-bond acceptors (Lipinski definition) is 4. The molecular formula is C12H13N5. The number of para-hydroxylation sites is 1. The van der Waals surface area contributed by atoms with E-state index in [1.807, 2.05) is 42.3 Å². The molecule has 0 bridgehead atoms. The molecule has 0 spiro atoms. The molecule has 17 heavy (non-hydrogen) atoms. The molecule has 0 atom stereocenters. The monoisotopic (exact) mass is 227 g/mol. The number of nitrogens with zero attached hydrogens (tertiary/aromatic N) is 5. The van der Waals surface area contributed by atoms with Crippen LogP contribution in [0.1, 0.15) is 6.42 Å². The summed E-state index contributed by atoms with van der Waals surface area (Å²) in [6.07, 6.45) is 2.16. The molecule has 1 aromatic carbocycles. The molecule has 0 amide bonds. The van der Waals surface area contributed by atoms with Crippen LogP contribution in [0.4, 0.5) is 11.5 Å². The third-order valence-corrected chi connectivity index (χ3v) is 2.48. The minimum atomic E-state index is 0.458. The summed E-state index contributed by atoms with van der Waals surface area (Å²) in [7, 11) is 1.84. The molecule has 0 unspecified atom stereocenters. The minimum absolute atomic E-state index is 0.458. The van der Waals surface area contributed by atoms with Crippen LogP contribution >= 0.6 is 0 Å². The Bertz CT molecular complexity index is 511. The summed E-state index contributed by atoms with van der Waals surface area (Å²) in [4.78, 5) is 2.03. The molecule has 0 saturated carbocycles. The van der Waals surface area contributed by atoms with E-state index in [0.29, 0.717) is 13.0 Å². The van der Waals surface area contributed by atoms with Crippen molar-refractivity contribution in [3.63, 3.8) is 0 Å². The van der Waals surface area contributed by atoms with Gasteiger partial charge in [0.25, 0.3) is 0 Å². The maximum Gasteiger partial charge on any atom is 0.151 e. The number of rotatable bonds is 4. The Morgan fingerprint density at radius 1 is 1.35 bits per heavy atom. The Labute approximate surface area is 99.9 Å². The molecule has 2 rings (SSSR count). The topological polar surface area (TPSA) is 57.7 Å². The van der Waals surface area contributed by atoms with Crippen molar-refractivity contribution in [2.75, 3.05) is 11.4 Å². The first-order valence-corrected chi connectivity index (χ1v) is 5.37. The highest BCUT2D eigenvalue weighted by Gasteiger charge is 2.12. The zero-order valence-electron chi connectivity index (χ0n) is 9.61. The fourth-order valence-electron chi connectivity index (χ4n) is 1.67. The summed E-state index contributed by atoms with van der Waals surface area (Å²) in [6.45, 7) is 0.627. The van der Waals surface area contributed by atoms with Gasteiger partial charge in [-0.05, 0) is 12.1 Å². The van der Waals surface area contributed by atoms with Crippen molar-refractivity contribution in [2.45, 2.75) is 6.42 Å². The van der Waals surface area contributed by atoms with E-state index in [-0.39, 0.29) is 0 Å². The second-order valence-electron chi connectivity index (χ2n) is 3.61. The zero-order chi connectivity index (χ0) is 12.1. The number of aromatic nitrogens is 3. The summed E-state index contributed by atoms with van der Waals surface area (Å²) >= 11 is 0. The Morgan fingerprint density at radius 2 is 2.12 bits per heavy atom. The van der Waals surface area contributed by atoms with E-state index >= 15 is 0 Å². The maximum atomic E-state index is 8.71. The van der Waals surface area contributed by atoms with Crippen molar-refractivity contribution in [1.82, 2.24) is 15.0 Å². The van der Waals surface area contributed by atoms with Crippen molar-refractivity contribution in [1.29, 1.82) is 5.26 Å². The first-order valence-electron chi connectivity index (χ1n) is 5.37. The molecule has 2 aromatic rings. The van der Waals surface area contributed by atoms with Crippen LogP contribution in [0.2, 0.25) is 0 Å². The lowest BCUT2D eigenvalue weighted by atomic mass is 10.2.